The number of benzene rings is 1. The number of phenolic OH excluding ortho intramolecular Hbond substituents is 1. The van der Waals surface area contributed by atoms with E-state index in [9.17, 15) is 5.11 Å². The predicted octanol–water partition coefficient (Wildman–Crippen LogP) is 6.21. The van der Waals surface area contributed by atoms with Crippen molar-refractivity contribution in [2.75, 3.05) is 0 Å². The van der Waals surface area contributed by atoms with Crippen molar-refractivity contribution in [1.29, 1.82) is 0 Å². The van der Waals surface area contributed by atoms with E-state index in [1.54, 1.807) is 0 Å². The molecule has 0 aliphatic heterocycles. The first-order chi connectivity index (χ1) is 8.72. The first kappa shape index (κ1) is 20.0. The standard InChI is InChI=1S/C19H32O.CH4/c1-17(2,3)12-13-10-14(18(4,5)6)16(20)15(11-13)19(7,8)9;/h10-11,20H,12H2,1-9H3;1H4. The van der Waals surface area contributed by atoms with Crippen LogP contribution >= 0.6 is 0 Å². The van der Waals surface area contributed by atoms with Gasteiger partial charge in [-0.05, 0) is 39.4 Å². The molecule has 0 aliphatic rings. The van der Waals surface area contributed by atoms with Gasteiger partial charge in [0.05, 0.1) is 0 Å². The molecule has 1 N–H and O–H groups in total. The molecule has 0 fully saturated rings. The van der Waals surface area contributed by atoms with Crippen LogP contribution in [0.3, 0.4) is 0 Å². The van der Waals surface area contributed by atoms with Crippen LogP contribution in [0.25, 0.3) is 0 Å². The summed E-state index contributed by atoms with van der Waals surface area (Å²) >= 11 is 0. The van der Waals surface area contributed by atoms with Gasteiger partial charge in [0, 0.05) is 0 Å². The van der Waals surface area contributed by atoms with Crippen LogP contribution in [0.4, 0.5) is 0 Å². The zero-order valence-electron chi connectivity index (χ0n) is 14.8. The molecule has 0 radical (unpaired) electrons. The van der Waals surface area contributed by atoms with Gasteiger partial charge >= 0.3 is 0 Å². The van der Waals surface area contributed by atoms with Crippen molar-refractivity contribution < 1.29 is 5.11 Å². The summed E-state index contributed by atoms with van der Waals surface area (Å²) in [6.07, 6.45) is 1.03. The van der Waals surface area contributed by atoms with Crippen LogP contribution in [0, 0.1) is 5.41 Å². The molecule has 0 bridgehead atoms. The van der Waals surface area contributed by atoms with E-state index in [2.05, 4.69) is 74.4 Å². The largest absolute Gasteiger partial charge is 0.507 e. The second-order valence-electron chi connectivity index (χ2n) is 9.28. The predicted molar refractivity (Wildman–Crippen MR) is 95.4 cm³/mol. The SMILES string of the molecule is C.CC(C)(C)Cc1cc(C(C)(C)C)c(O)c(C(C)(C)C)c1. The Bertz CT molecular complexity index is 441. The molecule has 0 amide bonds. The molecule has 1 aromatic carbocycles. The number of rotatable bonds is 1. The first-order valence-electron chi connectivity index (χ1n) is 7.59. The highest BCUT2D eigenvalue weighted by molar-refractivity contribution is 5.50. The second-order valence-corrected chi connectivity index (χ2v) is 9.28. The molecule has 1 heteroatoms. The van der Waals surface area contributed by atoms with Crippen molar-refractivity contribution in [3.8, 4) is 5.75 Å². The molecule has 1 nitrogen and oxygen atoms in total. The number of hydrogen-bond donors (Lipinski definition) is 1. The molecule has 0 unspecified atom stereocenters. The molecule has 0 atom stereocenters. The van der Waals surface area contributed by atoms with Gasteiger partial charge in [0.2, 0.25) is 0 Å². The van der Waals surface area contributed by atoms with Gasteiger partial charge < -0.3 is 5.11 Å². The first-order valence-corrected chi connectivity index (χ1v) is 7.59. The minimum absolute atomic E-state index is 0. The normalized spacial score (nSPS) is 13.0. The monoisotopic (exact) mass is 292 g/mol. The van der Waals surface area contributed by atoms with Crippen molar-refractivity contribution >= 4 is 0 Å². The Balaban J connectivity index is 0.00000400. The second kappa shape index (κ2) is 6.02. The molecule has 0 aliphatic carbocycles. The molecule has 0 spiro atoms. The average Bonchev–Trinajstić information content (AvgIpc) is 2.14. The molecule has 0 aromatic heterocycles. The third kappa shape index (κ3) is 5.37. The lowest BCUT2D eigenvalue weighted by Crippen LogP contribution is -2.19. The van der Waals surface area contributed by atoms with E-state index in [0.717, 1.165) is 17.5 Å². The number of hydrogen-bond acceptors (Lipinski definition) is 1. The van der Waals surface area contributed by atoms with E-state index in [-0.39, 0.29) is 23.7 Å². The van der Waals surface area contributed by atoms with E-state index < -0.39 is 0 Å². The zero-order valence-corrected chi connectivity index (χ0v) is 14.8. The molecular formula is C20H36O. The lowest BCUT2D eigenvalue weighted by molar-refractivity contribution is 0.403. The van der Waals surface area contributed by atoms with E-state index in [1.165, 1.54) is 5.56 Å². The van der Waals surface area contributed by atoms with E-state index in [4.69, 9.17) is 0 Å². The molecule has 1 rings (SSSR count). The van der Waals surface area contributed by atoms with Gasteiger partial charge in [0.15, 0.2) is 0 Å². The molecule has 0 saturated heterocycles. The van der Waals surface area contributed by atoms with Crippen molar-refractivity contribution in [2.24, 2.45) is 5.41 Å². The third-order valence-corrected chi connectivity index (χ3v) is 3.52. The van der Waals surface area contributed by atoms with Crippen molar-refractivity contribution in [1.82, 2.24) is 0 Å². The fraction of sp³-hybridized carbons (Fsp3) is 0.700. The van der Waals surface area contributed by atoms with Crippen LogP contribution in [-0.4, -0.2) is 5.11 Å². The number of phenols is 1. The summed E-state index contributed by atoms with van der Waals surface area (Å²) in [7, 11) is 0. The van der Waals surface area contributed by atoms with Crippen LogP contribution in [0.1, 0.15) is 86.4 Å². The quantitative estimate of drug-likeness (QED) is 0.652. The maximum atomic E-state index is 10.7. The summed E-state index contributed by atoms with van der Waals surface area (Å²) < 4.78 is 0. The van der Waals surface area contributed by atoms with Gasteiger partial charge in [-0.25, -0.2) is 0 Å². The fourth-order valence-electron chi connectivity index (χ4n) is 2.55. The van der Waals surface area contributed by atoms with Gasteiger partial charge in [-0.15, -0.1) is 0 Å². The smallest absolute Gasteiger partial charge is 0.123 e. The minimum Gasteiger partial charge on any atom is -0.507 e. The minimum atomic E-state index is -0.0437. The van der Waals surface area contributed by atoms with Crippen LogP contribution in [0.5, 0.6) is 5.75 Å². The maximum Gasteiger partial charge on any atom is 0.123 e. The van der Waals surface area contributed by atoms with Crippen LogP contribution < -0.4 is 0 Å². The van der Waals surface area contributed by atoms with Crippen LogP contribution in [0.2, 0.25) is 0 Å². The van der Waals surface area contributed by atoms with Crippen molar-refractivity contribution in [2.45, 2.75) is 87.0 Å². The highest BCUT2D eigenvalue weighted by atomic mass is 16.3. The van der Waals surface area contributed by atoms with Gasteiger partial charge in [0.1, 0.15) is 5.75 Å². The number of aromatic hydroxyl groups is 1. The summed E-state index contributed by atoms with van der Waals surface area (Å²) in [6, 6.07) is 4.38. The van der Waals surface area contributed by atoms with Crippen LogP contribution in [-0.2, 0) is 17.3 Å². The van der Waals surface area contributed by atoms with Crippen LogP contribution in [0.15, 0.2) is 12.1 Å². The van der Waals surface area contributed by atoms with Gasteiger partial charge in [0.25, 0.3) is 0 Å². The Morgan fingerprint density at radius 1 is 0.762 bits per heavy atom. The molecule has 0 saturated carbocycles. The lowest BCUT2D eigenvalue weighted by atomic mass is 9.76. The van der Waals surface area contributed by atoms with E-state index in [1.807, 2.05) is 0 Å². The Morgan fingerprint density at radius 2 is 1.10 bits per heavy atom. The Labute approximate surface area is 132 Å². The summed E-state index contributed by atoms with van der Waals surface area (Å²) in [5.74, 6) is 0.475. The Kier molecular flexibility index (Phi) is 5.74. The van der Waals surface area contributed by atoms with Crippen molar-refractivity contribution in [3.05, 3.63) is 28.8 Å². The average molecular weight is 293 g/mol. The molecule has 0 heterocycles. The molecule has 1 aromatic rings. The van der Waals surface area contributed by atoms with E-state index in [0.29, 0.717) is 5.75 Å². The lowest BCUT2D eigenvalue weighted by Gasteiger charge is -2.29. The fourth-order valence-corrected chi connectivity index (χ4v) is 2.55. The van der Waals surface area contributed by atoms with Gasteiger partial charge in [-0.3, -0.25) is 0 Å². The zero-order chi connectivity index (χ0) is 15.9. The maximum absolute atomic E-state index is 10.7. The van der Waals surface area contributed by atoms with Gasteiger partial charge in [-0.2, -0.15) is 0 Å². The summed E-state index contributed by atoms with van der Waals surface area (Å²) in [4.78, 5) is 0. The van der Waals surface area contributed by atoms with E-state index >= 15 is 0 Å². The summed E-state index contributed by atoms with van der Waals surface area (Å²) in [6.45, 7) is 19.7. The third-order valence-electron chi connectivity index (χ3n) is 3.52. The Morgan fingerprint density at radius 3 is 1.33 bits per heavy atom. The molecular weight excluding hydrogens is 256 g/mol. The summed E-state index contributed by atoms with van der Waals surface area (Å²) in [5, 5.41) is 10.7. The summed E-state index contributed by atoms with van der Waals surface area (Å²) in [5.41, 5.74) is 3.61. The topological polar surface area (TPSA) is 20.2 Å². The molecule has 122 valence electrons. The van der Waals surface area contributed by atoms with Gasteiger partial charge in [-0.1, -0.05) is 81.9 Å². The highest BCUT2D eigenvalue weighted by Gasteiger charge is 2.27. The van der Waals surface area contributed by atoms with Crippen molar-refractivity contribution in [3.63, 3.8) is 0 Å². The highest BCUT2D eigenvalue weighted by Crippen LogP contribution is 2.40. The Hall–Kier alpha value is -0.980. The molecule has 21 heavy (non-hydrogen) atoms.